The third kappa shape index (κ3) is 5.46. The van der Waals surface area contributed by atoms with E-state index >= 15 is 0 Å². The molecular weight excluding hydrogens is 256 g/mol. The van der Waals surface area contributed by atoms with Crippen molar-refractivity contribution in [2.75, 3.05) is 6.54 Å². The van der Waals surface area contributed by atoms with Gasteiger partial charge in [-0.3, -0.25) is 4.79 Å². The highest BCUT2D eigenvalue weighted by atomic mass is 32.1. The molecule has 1 aromatic heterocycles. The van der Waals surface area contributed by atoms with Gasteiger partial charge in [-0.05, 0) is 25.3 Å². The quantitative estimate of drug-likeness (QED) is 0.813. The van der Waals surface area contributed by atoms with Gasteiger partial charge < -0.3 is 11.1 Å². The van der Waals surface area contributed by atoms with Gasteiger partial charge in [-0.2, -0.15) is 0 Å². The van der Waals surface area contributed by atoms with Crippen molar-refractivity contribution >= 4 is 17.2 Å². The number of hydrogen-bond acceptors (Lipinski definition) is 3. The molecule has 104 valence electrons. The highest BCUT2D eigenvalue weighted by Crippen LogP contribution is 2.14. The van der Waals surface area contributed by atoms with E-state index in [1.54, 1.807) is 0 Å². The second-order valence-corrected chi connectivity index (χ2v) is 5.74. The number of carbonyl (C=O) groups is 1. The van der Waals surface area contributed by atoms with E-state index in [1.807, 2.05) is 18.4 Å². The molecule has 0 fully saturated rings. The lowest BCUT2D eigenvalue weighted by Crippen LogP contribution is -2.33. The zero-order chi connectivity index (χ0) is 14.3. The minimum absolute atomic E-state index is 0.0205. The second kappa shape index (κ2) is 7.98. The van der Waals surface area contributed by atoms with Gasteiger partial charge in [0.15, 0.2) is 0 Å². The lowest BCUT2D eigenvalue weighted by Gasteiger charge is -2.17. The molecule has 19 heavy (non-hydrogen) atoms. The maximum Gasteiger partial charge on any atom is 0.252 e. The topological polar surface area (TPSA) is 55.1 Å². The number of carbonyl (C=O) groups excluding carboxylic acids is 1. The minimum atomic E-state index is -0.0205. The molecule has 0 aliphatic heterocycles. The van der Waals surface area contributed by atoms with Gasteiger partial charge in [-0.1, -0.05) is 32.1 Å². The molecule has 0 saturated heterocycles. The number of nitrogens with one attached hydrogen (secondary N) is 1. The van der Waals surface area contributed by atoms with E-state index in [1.165, 1.54) is 11.3 Å². The molecule has 0 aromatic carbocycles. The highest BCUT2D eigenvalue weighted by molar-refractivity contribution is 7.10. The van der Waals surface area contributed by atoms with Crippen molar-refractivity contribution in [1.82, 2.24) is 5.32 Å². The molecule has 0 aliphatic carbocycles. The van der Waals surface area contributed by atoms with E-state index in [9.17, 15) is 4.79 Å². The maximum atomic E-state index is 12.0. The average Bonchev–Trinajstić information content (AvgIpc) is 2.84. The van der Waals surface area contributed by atoms with Crippen LogP contribution in [0.3, 0.4) is 0 Å². The molecule has 2 unspecified atom stereocenters. The summed E-state index contributed by atoms with van der Waals surface area (Å²) < 4.78 is 0. The van der Waals surface area contributed by atoms with Crippen LogP contribution >= 0.6 is 11.3 Å². The van der Waals surface area contributed by atoms with Crippen molar-refractivity contribution in [3.05, 3.63) is 21.9 Å². The number of hydrogen-bond donors (Lipinski definition) is 2. The number of rotatable bonds is 5. The molecule has 0 aliphatic rings. The van der Waals surface area contributed by atoms with E-state index in [-0.39, 0.29) is 11.9 Å². The van der Waals surface area contributed by atoms with Gasteiger partial charge in [-0.15, -0.1) is 11.3 Å². The van der Waals surface area contributed by atoms with Crippen LogP contribution in [0.4, 0.5) is 0 Å². The molecule has 1 rings (SSSR count). The normalized spacial score (nSPS) is 13.3. The van der Waals surface area contributed by atoms with Crippen LogP contribution in [0.2, 0.25) is 0 Å². The smallest absolute Gasteiger partial charge is 0.252 e. The summed E-state index contributed by atoms with van der Waals surface area (Å²) in [5, 5.41) is 4.86. The number of thiophene rings is 1. The molecule has 0 spiro atoms. The molecule has 4 heteroatoms. The van der Waals surface area contributed by atoms with Crippen LogP contribution in [0.1, 0.15) is 48.8 Å². The van der Waals surface area contributed by atoms with Crippen LogP contribution < -0.4 is 11.1 Å². The van der Waals surface area contributed by atoms with Crippen LogP contribution in [0.15, 0.2) is 11.4 Å². The Bertz CT molecular complexity index is 470. The van der Waals surface area contributed by atoms with E-state index in [4.69, 9.17) is 5.73 Å². The molecule has 1 aromatic rings. The summed E-state index contributed by atoms with van der Waals surface area (Å²) in [5.41, 5.74) is 6.00. The Hall–Kier alpha value is -1.31. The van der Waals surface area contributed by atoms with Crippen molar-refractivity contribution in [2.24, 2.45) is 11.7 Å². The fourth-order valence-electron chi connectivity index (χ4n) is 1.80. The summed E-state index contributed by atoms with van der Waals surface area (Å²) in [6.45, 7) is 6.76. The van der Waals surface area contributed by atoms with E-state index in [0.717, 1.165) is 17.7 Å². The molecule has 0 bridgehead atoms. The van der Waals surface area contributed by atoms with Crippen molar-refractivity contribution in [3.8, 4) is 11.8 Å². The van der Waals surface area contributed by atoms with Gasteiger partial charge in [0.1, 0.15) is 0 Å². The summed E-state index contributed by atoms with van der Waals surface area (Å²) in [4.78, 5) is 12.9. The second-order valence-electron chi connectivity index (χ2n) is 4.83. The van der Waals surface area contributed by atoms with Crippen molar-refractivity contribution in [1.29, 1.82) is 0 Å². The fourth-order valence-corrected chi connectivity index (χ4v) is 2.55. The molecule has 1 heterocycles. The monoisotopic (exact) mass is 278 g/mol. The van der Waals surface area contributed by atoms with E-state index < -0.39 is 0 Å². The lowest BCUT2D eigenvalue weighted by molar-refractivity contribution is 0.0936. The zero-order valence-corrected chi connectivity index (χ0v) is 12.6. The largest absolute Gasteiger partial charge is 0.350 e. The van der Waals surface area contributed by atoms with Crippen LogP contribution in [-0.2, 0) is 0 Å². The van der Waals surface area contributed by atoms with Crippen LogP contribution in [0, 0.1) is 17.8 Å². The predicted octanol–water partition coefficient (Wildman–Crippen LogP) is 2.61. The van der Waals surface area contributed by atoms with Crippen molar-refractivity contribution in [3.63, 3.8) is 0 Å². The third-order valence-electron chi connectivity index (χ3n) is 3.01. The number of amides is 1. The molecular formula is C15H22N2OS. The third-order valence-corrected chi connectivity index (χ3v) is 3.85. The zero-order valence-electron chi connectivity index (χ0n) is 11.8. The molecule has 2 atom stereocenters. The maximum absolute atomic E-state index is 12.0. The summed E-state index contributed by atoms with van der Waals surface area (Å²) in [7, 11) is 0. The van der Waals surface area contributed by atoms with Gasteiger partial charge in [0.25, 0.3) is 5.91 Å². The van der Waals surface area contributed by atoms with E-state index in [2.05, 4.69) is 31.0 Å². The Labute approximate surface area is 119 Å². The minimum Gasteiger partial charge on any atom is -0.350 e. The first-order chi connectivity index (χ1) is 9.06. The van der Waals surface area contributed by atoms with Crippen molar-refractivity contribution in [2.45, 2.75) is 39.7 Å². The first-order valence-corrected chi connectivity index (χ1v) is 7.53. The standard InChI is InChI=1S/C15H22N2OS/c1-4-11(2)8-12(3)17-15(18)13-9-14(19-10-13)6-5-7-16/h9-12H,4,7-8,16H2,1-3H3,(H,17,18). The Morgan fingerprint density at radius 1 is 1.53 bits per heavy atom. The highest BCUT2D eigenvalue weighted by Gasteiger charge is 2.13. The molecule has 0 saturated carbocycles. The summed E-state index contributed by atoms with van der Waals surface area (Å²) in [6, 6.07) is 2.01. The van der Waals surface area contributed by atoms with Gasteiger partial charge in [0.2, 0.25) is 0 Å². The Morgan fingerprint density at radius 2 is 2.26 bits per heavy atom. The predicted molar refractivity (Wildman–Crippen MR) is 81.3 cm³/mol. The van der Waals surface area contributed by atoms with Crippen LogP contribution in [0.5, 0.6) is 0 Å². The number of nitrogens with two attached hydrogens (primary N) is 1. The van der Waals surface area contributed by atoms with E-state index in [0.29, 0.717) is 18.0 Å². The van der Waals surface area contributed by atoms with Gasteiger partial charge in [0.05, 0.1) is 17.0 Å². The Morgan fingerprint density at radius 3 is 2.89 bits per heavy atom. The molecule has 1 amide bonds. The lowest BCUT2D eigenvalue weighted by atomic mass is 10.0. The van der Waals surface area contributed by atoms with Gasteiger partial charge in [-0.25, -0.2) is 0 Å². The fraction of sp³-hybridized carbons (Fsp3) is 0.533. The molecule has 3 N–H and O–H groups in total. The Kier molecular flexibility index (Phi) is 6.61. The first kappa shape index (κ1) is 15.7. The Balaban J connectivity index is 2.56. The van der Waals surface area contributed by atoms with Crippen LogP contribution in [-0.4, -0.2) is 18.5 Å². The summed E-state index contributed by atoms with van der Waals surface area (Å²) >= 11 is 1.47. The van der Waals surface area contributed by atoms with Crippen molar-refractivity contribution < 1.29 is 4.79 Å². The molecule has 0 radical (unpaired) electrons. The summed E-state index contributed by atoms with van der Waals surface area (Å²) in [5.74, 6) is 6.33. The molecule has 3 nitrogen and oxygen atoms in total. The van der Waals surface area contributed by atoms with Crippen LogP contribution in [0.25, 0.3) is 0 Å². The summed E-state index contributed by atoms with van der Waals surface area (Å²) in [6.07, 6.45) is 2.14. The van der Waals surface area contributed by atoms with Gasteiger partial charge in [0, 0.05) is 11.4 Å². The van der Waals surface area contributed by atoms with Gasteiger partial charge >= 0.3 is 0 Å². The average molecular weight is 278 g/mol. The first-order valence-electron chi connectivity index (χ1n) is 6.65. The SMILES string of the molecule is CCC(C)CC(C)NC(=O)c1csc(C#CCN)c1.